The molecular formula is C13H18N2O3S. The fraction of sp³-hybridized carbons (Fsp3) is 0.385. The minimum Gasteiger partial charge on any atom is -0.480 e. The SMILES string of the molecule is CC(NC(=O)[C@@H](CS)NCc1ccccc1)C(=O)O. The highest BCUT2D eigenvalue weighted by atomic mass is 32.1. The molecule has 0 fully saturated rings. The Hall–Kier alpha value is -1.53. The Morgan fingerprint density at radius 2 is 1.95 bits per heavy atom. The molecule has 0 aliphatic carbocycles. The summed E-state index contributed by atoms with van der Waals surface area (Å²) in [5, 5.41) is 14.2. The standard InChI is InChI=1S/C13H18N2O3S/c1-9(13(17)18)15-12(16)11(8-19)14-7-10-5-3-2-4-6-10/h2-6,9,11,14,19H,7-8H2,1H3,(H,15,16)(H,17,18)/t9?,11-/m1/s1. The van der Waals surface area contributed by atoms with Gasteiger partial charge in [-0.25, -0.2) is 0 Å². The average Bonchev–Trinajstić information content (AvgIpc) is 2.40. The van der Waals surface area contributed by atoms with E-state index in [9.17, 15) is 9.59 Å². The third kappa shape index (κ3) is 5.32. The lowest BCUT2D eigenvalue weighted by molar-refractivity contribution is -0.141. The first kappa shape index (κ1) is 15.5. The maximum atomic E-state index is 11.8. The number of rotatable bonds is 7. The van der Waals surface area contributed by atoms with Crippen LogP contribution < -0.4 is 10.6 Å². The monoisotopic (exact) mass is 282 g/mol. The quantitative estimate of drug-likeness (QED) is 0.554. The van der Waals surface area contributed by atoms with Crippen LogP contribution in [0.25, 0.3) is 0 Å². The van der Waals surface area contributed by atoms with Crippen LogP contribution in [-0.2, 0) is 16.1 Å². The van der Waals surface area contributed by atoms with Gasteiger partial charge in [0.05, 0.1) is 6.04 Å². The Balaban J connectivity index is 2.49. The Morgan fingerprint density at radius 3 is 2.47 bits per heavy atom. The van der Waals surface area contributed by atoms with Crippen LogP contribution in [0.1, 0.15) is 12.5 Å². The summed E-state index contributed by atoms with van der Waals surface area (Å²) in [6, 6.07) is 8.21. The fourth-order valence-corrected chi connectivity index (χ4v) is 1.75. The van der Waals surface area contributed by atoms with Gasteiger partial charge in [-0.1, -0.05) is 30.3 Å². The van der Waals surface area contributed by atoms with Crippen molar-refractivity contribution in [1.82, 2.24) is 10.6 Å². The van der Waals surface area contributed by atoms with Crippen LogP contribution in [0.4, 0.5) is 0 Å². The Morgan fingerprint density at radius 1 is 1.32 bits per heavy atom. The number of hydrogen-bond donors (Lipinski definition) is 4. The van der Waals surface area contributed by atoms with E-state index in [0.29, 0.717) is 12.3 Å². The van der Waals surface area contributed by atoms with Gasteiger partial charge in [0.2, 0.25) is 5.91 Å². The summed E-state index contributed by atoms with van der Waals surface area (Å²) < 4.78 is 0. The van der Waals surface area contributed by atoms with Crippen molar-refractivity contribution in [3.8, 4) is 0 Å². The molecule has 1 amide bonds. The van der Waals surface area contributed by atoms with Crippen LogP contribution in [0.15, 0.2) is 30.3 Å². The lowest BCUT2D eigenvalue weighted by Gasteiger charge is -2.18. The van der Waals surface area contributed by atoms with Crippen LogP contribution in [0, 0.1) is 0 Å². The van der Waals surface area contributed by atoms with Crippen molar-refractivity contribution >= 4 is 24.5 Å². The maximum absolute atomic E-state index is 11.8. The van der Waals surface area contributed by atoms with Gasteiger partial charge in [0.25, 0.3) is 0 Å². The lowest BCUT2D eigenvalue weighted by atomic mass is 10.2. The van der Waals surface area contributed by atoms with Crippen molar-refractivity contribution in [2.75, 3.05) is 5.75 Å². The number of carboxylic acid groups (broad SMARTS) is 1. The van der Waals surface area contributed by atoms with E-state index in [0.717, 1.165) is 5.56 Å². The highest BCUT2D eigenvalue weighted by molar-refractivity contribution is 7.80. The van der Waals surface area contributed by atoms with Gasteiger partial charge in [0, 0.05) is 12.3 Å². The minimum absolute atomic E-state index is 0.297. The summed E-state index contributed by atoms with van der Waals surface area (Å²) in [7, 11) is 0. The first-order valence-electron chi connectivity index (χ1n) is 5.96. The molecule has 0 saturated heterocycles. The molecule has 0 aliphatic rings. The van der Waals surface area contributed by atoms with Gasteiger partial charge < -0.3 is 15.7 Å². The van der Waals surface area contributed by atoms with Crippen molar-refractivity contribution in [3.63, 3.8) is 0 Å². The molecule has 1 aromatic rings. The summed E-state index contributed by atoms with van der Waals surface area (Å²) in [6.45, 7) is 1.95. The fourth-order valence-electron chi connectivity index (χ4n) is 1.45. The second-order valence-corrected chi connectivity index (χ2v) is 4.54. The molecule has 1 unspecified atom stereocenters. The molecule has 19 heavy (non-hydrogen) atoms. The first-order chi connectivity index (χ1) is 9.04. The lowest BCUT2D eigenvalue weighted by Crippen LogP contribution is -2.49. The molecule has 0 aromatic heterocycles. The zero-order valence-corrected chi connectivity index (χ0v) is 11.6. The highest BCUT2D eigenvalue weighted by Gasteiger charge is 2.20. The highest BCUT2D eigenvalue weighted by Crippen LogP contribution is 1.99. The number of aliphatic carboxylic acids is 1. The topological polar surface area (TPSA) is 78.4 Å². The third-order valence-corrected chi connectivity index (χ3v) is 2.99. The molecule has 3 N–H and O–H groups in total. The van der Waals surface area contributed by atoms with E-state index in [1.54, 1.807) is 0 Å². The molecule has 104 valence electrons. The van der Waals surface area contributed by atoms with E-state index in [4.69, 9.17) is 5.11 Å². The summed E-state index contributed by atoms with van der Waals surface area (Å²) in [5.74, 6) is -1.12. The van der Waals surface area contributed by atoms with Gasteiger partial charge in [-0.3, -0.25) is 9.59 Å². The predicted octanol–water partition coefficient (Wildman–Crippen LogP) is 0.664. The largest absolute Gasteiger partial charge is 0.480 e. The number of thiol groups is 1. The predicted molar refractivity (Wildman–Crippen MR) is 76.2 cm³/mol. The Bertz CT molecular complexity index is 425. The molecular weight excluding hydrogens is 264 g/mol. The summed E-state index contributed by atoms with van der Waals surface area (Å²) in [4.78, 5) is 22.5. The van der Waals surface area contributed by atoms with Crippen LogP contribution in [-0.4, -0.2) is 34.8 Å². The minimum atomic E-state index is -1.06. The molecule has 1 aromatic carbocycles. The number of carbonyl (C=O) groups is 2. The van der Waals surface area contributed by atoms with E-state index in [1.807, 2.05) is 30.3 Å². The molecule has 0 bridgehead atoms. The van der Waals surface area contributed by atoms with Crippen LogP contribution >= 0.6 is 12.6 Å². The van der Waals surface area contributed by atoms with E-state index in [1.165, 1.54) is 6.92 Å². The van der Waals surface area contributed by atoms with Crippen molar-refractivity contribution in [1.29, 1.82) is 0 Å². The van der Waals surface area contributed by atoms with Crippen LogP contribution in [0.3, 0.4) is 0 Å². The van der Waals surface area contributed by atoms with Gasteiger partial charge in [-0.05, 0) is 12.5 Å². The Kier molecular flexibility index (Phi) is 6.38. The summed E-state index contributed by atoms with van der Waals surface area (Å²) in [5.41, 5.74) is 1.05. The van der Waals surface area contributed by atoms with Crippen LogP contribution in [0.5, 0.6) is 0 Å². The molecule has 0 spiro atoms. The van der Waals surface area contributed by atoms with Crippen molar-refractivity contribution < 1.29 is 14.7 Å². The van der Waals surface area contributed by atoms with Gasteiger partial charge in [0.15, 0.2) is 0 Å². The zero-order valence-electron chi connectivity index (χ0n) is 10.7. The van der Waals surface area contributed by atoms with Crippen molar-refractivity contribution in [2.45, 2.75) is 25.6 Å². The molecule has 0 heterocycles. The molecule has 5 nitrogen and oxygen atoms in total. The Labute approximate surface area is 117 Å². The zero-order chi connectivity index (χ0) is 14.3. The van der Waals surface area contributed by atoms with E-state index in [-0.39, 0.29) is 5.91 Å². The van der Waals surface area contributed by atoms with E-state index in [2.05, 4.69) is 23.3 Å². The summed E-state index contributed by atoms with van der Waals surface area (Å²) >= 11 is 4.10. The second kappa shape index (κ2) is 7.81. The smallest absolute Gasteiger partial charge is 0.325 e. The van der Waals surface area contributed by atoms with Crippen molar-refractivity contribution in [2.24, 2.45) is 0 Å². The van der Waals surface area contributed by atoms with Gasteiger partial charge in [-0.15, -0.1) is 0 Å². The maximum Gasteiger partial charge on any atom is 0.325 e. The van der Waals surface area contributed by atoms with Crippen LogP contribution in [0.2, 0.25) is 0 Å². The van der Waals surface area contributed by atoms with E-state index < -0.39 is 18.1 Å². The number of carboxylic acids is 1. The number of carbonyl (C=O) groups excluding carboxylic acids is 1. The molecule has 0 saturated carbocycles. The summed E-state index contributed by atoms with van der Waals surface area (Å²) in [6.07, 6.45) is 0. The molecule has 0 aliphatic heterocycles. The molecule has 0 radical (unpaired) electrons. The van der Waals surface area contributed by atoms with Gasteiger partial charge in [-0.2, -0.15) is 12.6 Å². The normalized spacial score (nSPS) is 13.6. The molecule has 6 heteroatoms. The number of hydrogen-bond acceptors (Lipinski definition) is 4. The number of nitrogens with one attached hydrogen (secondary N) is 2. The second-order valence-electron chi connectivity index (χ2n) is 4.17. The molecule has 1 rings (SSSR count). The van der Waals surface area contributed by atoms with Gasteiger partial charge >= 0.3 is 5.97 Å². The molecule has 2 atom stereocenters. The van der Waals surface area contributed by atoms with E-state index >= 15 is 0 Å². The van der Waals surface area contributed by atoms with Crippen molar-refractivity contribution in [3.05, 3.63) is 35.9 Å². The van der Waals surface area contributed by atoms with Gasteiger partial charge in [0.1, 0.15) is 6.04 Å². The average molecular weight is 282 g/mol. The first-order valence-corrected chi connectivity index (χ1v) is 6.59. The number of amides is 1. The third-order valence-electron chi connectivity index (χ3n) is 2.62. The number of benzene rings is 1.